The molecule has 24 heavy (non-hydrogen) atoms. The van der Waals surface area contributed by atoms with Gasteiger partial charge in [0.1, 0.15) is 5.82 Å². The van der Waals surface area contributed by atoms with Gasteiger partial charge in [-0.1, -0.05) is 6.07 Å². The van der Waals surface area contributed by atoms with Crippen molar-refractivity contribution in [3.63, 3.8) is 0 Å². The third kappa shape index (κ3) is 4.13. The summed E-state index contributed by atoms with van der Waals surface area (Å²) in [4.78, 5) is 11.3. The summed E-state index contributed by atoms with van der Waals surface area (Å²) in [6, 6.07) is 9.62. The van der Waals surface area contributed by atoms with Gasteiger partial charge in [-0.15, -0.1) is 0 Å². The monoisotopic (exact) mass is 338 g/mol. The fourth-order valence-corrected chi connectivity index (χ4v) is 1.97. The van der Waals surface area contributed by atoms with Crippen molar-refractivity contribution in [3.05, 3.63) is 65.5 Å². The van der Waals surface area contributed by atoms with Gasteiger partial charge in [0.25, 0.3) is 5.78 Å². The molecule has 126 valence electrons. The van der Waals surface area contributed by atoms with Crippen LogP contribution in [-0.2, 0) is 4.79 Å². The average molecular weight is 338 g/mol. The van der Waals surface area contributed by atoms with Crippen molar-refractivity contribution in [1.82, 2.24) is 0 Å². The molecule has 0 aliphatic rings. The van der Waals surface area contributed by atoms with Crippen molar-refractivity contribution in [2.75, 3.05) is 11.1 Å². The number of nitrogens with two attached hydrogens (primary N) is 1. The Labute approximate surface area is 135 Å². The molecule has 0 aliphatic carbocycles. The number of allylic oxidation sites excluding steroid dienone is 1. The third-order valence-electron chi connectivity index (χ3n) is 3.36. The van der Waals surface area contributed by atoms with Crippen LogP contribution in [0.25, 0.3) is 5.70 Å². The second-order valence-corrected chi connectivity index (χ2v) is 5.07. The van der Waals surface area contributed by atoms with E-state index in [1.807, 2.05) is 0 Å². The summed E-state index contributed by atoms with van der Waals surface area (Å²) in [6.45, 7) is 1.69. The summed E-state index contributed by atoms with van der Waals surface area (Å²) in [7, 11) is 0. The molecule has 2 rings (SSSR count). The van der Waals surface area contributed by atoms with Crippen LogP contribution < -0.4 is 11.1 Å². The van der Waals surface area contributed by atoms with Gasteiger partial charge in [0, 0.05) is 23.1 Å². The molecule has 0 heterocycles. The maximum atomic E-state index is 13.0. The predicted molar refractivity (Wildman–Crippen MR) is 84.7 cm³/mol. The van der Waals surface area contributed by atoms with E-state index in [9.17, 15) is 22.4 Å². The van der Waals surface area contributed by atoms with E-state index < -0.39 is 17.8 Å². The second-order valence-electron chi connectivity index (χ2n) is 5.07. The van der Waals surface area contributed by atoms with Gasteiger partial charge in [-0.2, -0.15) is 13.2 Å². The first-order valence-corrected chi connectivity index (χ1v) is 6.89. The smallest absolute Gasteiger partial charge is 0.398 e. The van der Waals surface area contributed by atoms with Gasteiger partial charge >= 0.3 is 6.18 Å². The highest BCUT2D eigenvalue weighted by Gasteiger charge is 2.37. The number of nitrogen functional groups attached to an aromatic ring is 1. The molecule has 3 nitrogen and oxygen atoms in total. The Morgan fingerprint density at radius 3 is 2.33 bits per heavy atom. The minimum atomic E-state index is -5.00. The van der Waals surface area contributed by atoms with Gasteiger partial charge in [-0.25, -0.2) is 4.39 Å². The Bertz CT molecular complexity index is 780. The summed E-state index contributed by atoms with van der Waals surface area (Å²) < 4.78 is 50.8. The van der Waals surface area contributed by atoms with E-state index in [0.29, 0.717) is 23.0 Å². The SMILES string of the molecule is Cc1c(N)cccc1N/C(=C\C(=O)C(F)(F)F)c1ccc(F)cc1. The topological polar surface area (TPSA) is 55.1 Å². The van der Waals surface area contributed by atoms with Crippen molar-refractivity contribution in [1.29, 1.82) is 0 Å². The van der Waals surface area contributed by atoms with E-state index in [1.54, 1.807) is 25.1 Å². The fraction of sp³-hybridized carbons (Fsp3) is 0.118. The highest BCUT2D eigenvalue weighted by molar-refractivity contribution is 6.02. The molecule has 0 radical (unpaired) electrons. The molecule has 2 aromatic rings. The van der Waals surface area contributed by atoms with Crippen LogP contribution in [0.4, 0.5) is 28.9 Å². The van der Waals surface area contributed by atoms with Crippen LogP contribution in [0.5, 0.6) is 0 Å². The number of carbonyl (C=O) groups excluding carboxylic acids is 1. The van der Waals surface area contributed by atoms with Crippen molar-refractivity contribution < 1.29 is 22.4 Å². The van der Waals surface area contributed by atoms with E-state index in [2.05, 4.69) is 5.32 Å². The van der Waals surface area contributed by atoms with Gasteiger partial charge < -0.3 is 11.1 Å². The van der Waals surface area contributed by atoms with E-state index in [-0.39, 0.29) is 11.3 Å². The summed E-state index contributed by atoms with van der Waals surface area (Å²) in [5.41, 5.74) is 7.40. The lowest BCUT2D eigenvalue weighted by Crippen LogP contribution is -2.21. The van der Waals surface area contributed by atoms with E-state index in [4.69, 9.17) is 5.73 Å². The first kappa shape index (κ1) is 17.5. The Hall–Kier alpha value is -2.83. The maximum Gasteiger partial charge on any atom is 0.454 e. The largest absolute Gasteiger partial charge is 0.454 e. The van der Waals surface area contributed by atoms with Crippen LogP contribution in [0.1, 0.15) is 11.1 Å². The Morgan fingerprint density at radius 1 is 1.12 bits per heavy atom. The van der Waals surface area contributed by atoms with Crippen LogP contribution in [0.2, 0.25) is 0 Å². The molecule has 0 bridgehead atoms. The fourth-order valence-electron chi connectivity index (χ4n) is 1.97. The standard InChI is InChI=1S/C17H14F4N2O/c1-10-13(22)3-2-4-14(10)23-15(9-16(24)17(19,20)21)11-5-7-12(18)8-6-11/h2-9,23H,22H2,1H3/b15-9-. The first-order valence-electron chi connectivity index (χ1n) is 6.89. The number of alkyl halides is 3. The molecule has 0 aliphatic heterocycles. The Morgan fingerprint density at radius 2 is 1.75 bits per heavy atom. The Balaban J connectivity index is 2.47. The molecule has 0 spiro atoms. The third-order valence-corrected chi connectivity index (χ3v) is 3.36. The number of rotatable bonds is 4. The maximum absolute atomic E-state index is 13.0. The highest BCUT2D eigenvalue weighted by Crippen LogP contribution is 2.27. The summed E-state index contributed by atoms with van der Waals surface area (Å²) >= 11 is 0. The molecule has 0 atom stereocenters. The molecular formula is C17H14F4N2O. The summed E-state index contributed by atoms with van der Waals surface area (Å²) in [6.07, 6.45) is -4.56. The molecule has 0 fully saturated rings. The molecular weight excluding hydrogens is 324 g/mol. The molecule has 0 aromatic heterocycles. The molecule has 0 saturated carbocycles. The highest BCUT2D eigenvalue weighted by atomic mass is 19.4. The van der Waals surface area contributed by atoms with Crippen molar-refractivity contribution in [2.45, 2.75) is 13.1 Å². The van der Waals surface area contributed by atoms with Crippen LogP contribution >= 0.6 is 0 Å². The predicted octanol–water partition coefficient (Wildman–Crippen LogP) is 4.30. The normalized spacial score (nSPS) is 12.1. The number of benzene rings is 2. The van der Waals surface area contributed by atoms with Crippen LogP contribution in [0.15, 0.2) is 48.5 Å². The van der Waals surface area contributed by atoms with Crippen molar-refractivity contribution >= 4 is 22.9 Å². The zero-order chi connectivity index (χ0) is 17.9. The van der Waals surface area contributed by atoms with Crippen molar-refractivity contribution in [2.24, 2.45) is 0 Å². The summed E-state index contributed by atoms with van der Waals surface area (Å²) in [5.74, 6) is -2.56. The minimum Gasteiger partial charge on any atom is -0.398 e. The van der Waals surface area contributed by atoms with Gasteiger partial charge in [0.15, 0.2) is 0 Å². The van der Waals surface area contributed by atoms with Crippen LogP contribution in [0.3, 0.4) is 0 Å². The lowest BCUT2D eigenvalue weighted by molar-refractivity contribution is -0.165. The van der Waals surface area contributed by atoms with Crippen molar-refractivity contribution in [3.8, 4) is 0 Å². The van der Waals surface area contributed by atoms with Gasteiger partial charge in [0.05, 0.1) is 0 Å². The number of ketones is 1. The number of hydrogen-bond acceptors (Lipinski definition) is 3. The van der Waals surface area contributed by atoms with E-state index >= 15 is 0 Å². The van der Waals surface area contributed by atoms with Gasteiger partial charge in [0.2, 0.25) is 0 Å². The Kier molecular flexibility index (Phi) is 4.92. The number of hydrogen-bond donors (Lipinski definition) is 2. The number of nitrogens with one attached hydrogen (secondary N) is 1. The van der Waals surface area contributed by atoms with Crippen LogP contribution in [-0.4, -0.2) is 12.0 Å². The van der Waals surface area contributed by atoms with E-state index in [0.717, 1.165) is 12.1 Å². The molecule has 0 saturated heterocycles. The lowest BCUT2D eigenvalue weighted by Gasteiger charge is -2.15. The van der Waals surface area contributed by atoms with E-state index in [1.165, 1.54) is 12.1 Å². The zero-order valence-corrected chi connectivity index (χ0v) is 12.6. The average Bonchev–Trinajstić information content (AvgIpc) is 2.51. The number of anilines is 2. The number of halogens is 4. The molecule has 0 amide bonds. The van der Waals surface area contributed by atoms with Gasteiger partial charge in [-0.05, 0) is 54.4 Å². The minimum absolute atomic E-state index is 0.106. The van der Waals surface area contributed by atoms with Crippen LogP contribution in [0, 0.1) is 12.7 Å². The quantitative estimate of drug-likeness (QED) is 0.496. The zero-order valence-electron chi connectivity index (χ0n) is 12.6. The molecule has 0 unspecified atom stereocenters. The molecule has 7 heteroatoms. The molecule has 2 aromatic carbocycles. The first-order chi connectivity index (χ1) is 11.2. The number of carbonyl (C=O) groups is 1. The van der Waals surface area contributed by atoms with Gasteiger partial charge in [-0.3, -0.25) is 4.79 Å². The molecule has 3 N–H and O–H groups in total. The lowest BCUT2D eigenvalue weighted by atomic mass is 10.1. The second kappa shape index (κ2) is 6.74. The summed E-state index contributed by atoms with van der Waals surface area (Å²) in [5, 5.41) is 2.76.